The van der Waals surface area contributed by atoms with Crippen LogP contribution in [-0.2, 0) is 11.3 Å². The molecule has 3 aromatic rings. The van der Waals surface area contributed by atoms with Gasteiger partial charge in [0, 0.05) is 25.8 Å². The fourth-order valence-electron chi connectivity index (χ4n) is 4.16. The van der Waals surface area contributed by atoms with Crippen molar-refractivity contribution in [1.82, 2.24) is 19.9 Å². The van der Waals surface area contributed by atoms with Crippen LogP contribution in [-0.4, -0.2) is 50.8 Å². The maximum Gasteiger partial charge on any atom is 0.240 e. The topological polar surface area (TPSA) is 83.3 Å². The van der Waals surface area contributed by atoms with E-state index in [-0.39, 0.29) is 19.0 Å². The van der Waals surface area contributed by atoms with Gasteiger partial charge >= 0.3 is 0 Å². The smallest absolute Gasteiger partial charge is 0.240 e. The summed E-state index contributed by atoms with van der Waals surface area (Å²) in [5.41, 5.74) is 3.26. The number of aryl methyl sites for hydroxylation is 3. The van der Waals surface area contributed by atoms with Crippen LogP contribution in [0.25, 0.3) is 11.0 Å². The van der Waals surface area contributed by atoms with Crippen LogP contribution in [0.4, 0.5) is 5.82 Å². The number of fused-ring (bicyclic) bond motifs is 1. The lowest BCUT2D eigenvalue weighted by atomic mass is 9.92. The first kappa shape index (κ1) is 20.3. The number of aliphatic hydroxyl groups is 1. The summed E-state index contributed by atoms with van der Waals surface area (Å²) in [7, 11) is 0. The van der Waals surface area contributed by atoms with Crippen molar-refractivity contribution < 1.29 is 9.90 Å². The zero-order valence-electron chi connectivity index (χ0n) is 17.9. The van der Waals surface area contributed by atoms with Crippen molar-refractivity contribution >= 4 is 22.8 Å². The summed E-state index contributed by atoms with van der Waals surface area (Å²) in [5, 5.41) is 14.0. The number of aromatic nitrogens is 3. The molecule has 1 unspecified atom stereocenters. The first-order valence-corrected chi connectivity index (χ1v) is 10.4. The molecular formula is C23H29N5O2. The monoisotopic (exact) mass is 407 g/mol. The molecular weight excluding hydrogens is 378 g/mol. The third-order valence-electron chi connectivity index (χ3n) is 6.00. The highest BCUT2D eigenvalue weighted by atomic mass is 16.3. The zero-order chi connectivity index (χ0) is 21.3. The number of nitrogens with zero attached hydrogens (tertiary/aromatic N) is 4. The number of carbonyl (C=O) groups is 1. The van der Waals surface area contributed by atoms with Gasteiger partial charge < -0.3 is 19.9 Å². The molecule has 2 N–H and O–H groups in total. The van der Waals surface area contributed by atoms with E-state index in [1.54, 1.807) is 6.20 Å². The minimum Gasteiger partial charge on any atom is -0.386 e. The van der Waals surface area contributed by atoms with Gasteiger partial charge in [-0.05, 0) is 69.0 Å². The highest BCUT2D eigenvalue weighted by molar-refractivity contribution is 5.82. The van der Waals surface area contributed by atoms with E-state index < -0.39 is 5.60 Å². The van der Waals surface area contributed by atoms with Crippen LogP contribution in [0.2, 0.25) is 0 Å². The highest BCUT2D eigenvalue weighted by Gasteiger charge is 2.34. The number of hydrogen-bond donors (Lipinski definition) is 2. The lowest BCUT2D eigenvalue weighted by molar-refractivity contribution is -0.123. The first-order valence-electron chi connectivity index (χ1n) is 10.4. The van der Waals surface area contributed by atoms with Crippen LogP contribution in [0, 0.1) is 20.8 Å². The molecule has 0 spiro atoms. The van der Waals surface area contributed by atoms with Crippen molar-refractivity contribution in [1.29, 1.82) is 0 Å². The van der Waals surface area contributed by atoms with E-state index in [0.29, 0.717) is 13.0 Å². The molecule has 2 aromatic heterocycles. The first-order chi connectivity index (χ1) is 14.3. The molecule has 1 saturated heterocycles. The molecule has 7 nitrogen and oxygen atoms in total. The predicted octanol–water partition coefficient (Wildman–Crippen LogP) is 2.50. The van der Waals surface area contributed by atoms with E-state index >= 15 is 0 Å². The predicted molar refractivity (Wildman–Crippen MR) is 118 cm³/mol. The lowest BCUT2D eigenvalue weighted by Gasteiger charge is -2.39. The minimum absolute atomic E-state index is 0.126. The molecule has 3 heterocycles. The second-order valence-electron chi connectivity index (χ2n) is 8.38. The molecule has 0 saturated carbocycles. The minimum atomic E-state index is -0.967. The van der Waals surface area contributed by atoms with Crippen LogP contribution < -0.4 is 10.2 Å². The molecule has 0 aliphatic carbocycles. The number of amides is 1. The molecule has 1 aliphatic rings. The van der Waals surface area contributed by atoms with Crippen molar-refractivity contribution in [2.75, 3.05) is 24.5 Å². The van der Waals surface area contributed by atoms with Gasteiger partial charge in [-0.2, -0.15) is 0 Å². The molecule has 1 aliphatic heterocycles. The Labute approximate surface area is 176 Å². The number of carbonyl (C=O) groups excluding carboxylic acids is 1. The van der Waals surface area contributed by atoms with E-state index in [9.17, 15) is 9.90 Å². The van der Waals surface area contributed by atoms with Gasteiger partial charge in [-0.1, -0.05) is 6.07 Å². The maximum atomic E-state index is 12.7. The number of rotatable bonds is 5. The number of β-amino-alcohol motifs (C(OH)–C–C–N with tert-alkyl or cyclic N) is 1. The Hall–Kier alpha value is -2.93. The highest BCUT2D eigenvalue weighted by Crippen LogP contribution is 2.24. The van der Waals surface area contributed by atoms with E-state index in [1.165, 1.54) is 11.1 Å². The Kier molecular flexibility index (Phi) is 5.47. The number of pyridine rings is 1. The molecule has 1 aromatic carbocycles. The molecule has 30 heavy (non-hydrogen) atoms. The average molecular weight is 408 g/mol. The lowest BCUT2D eigenvalue weighted by Crippen LogP contribution is -2.54. The Morgan fingerprint density at radius 1 is 1.23 bits per heavy atom. The molecule has 7 heteroatoms. The van der Waals surface area contributed by atoms with Crippen molar-refractivity contribution in [2.45, 2.75) is 45.8 Å². The van der Waals surface area contributed by atoms with Crippen LogP contribution in [0.1, 0.15) is 29.8 Å². The quantitative estimate of drug-likeness (QED) is 0.679. The Balaban J connectivity index is 1.42. The second kappa shape index (κ2) is 8.07. The molecule has 4 rings (SSSR count). The number of nitrogens with one attached hydrogen (secondary N) is 1. The third-order valence-corrected chi connectivity index (χ3v) is 6.00. The summed E-state index contributed by atoms with van der Waals surface area (Å²) in [6, 6.07) is 9.91. The fourth-order valence-corrected chi connectivity index (χ4v) is 4.16. The summed E-state index contributed by atoms with van der Waals surface area (Å²) < 4.78 is 1.93. The second-order valence-corrected chi connectivity index (χ2v) is 8.38. The number of imidazole rings is 1. The summed E-state index contributed by atoms with van der Waals surface area (Å²) in [5.74, 6) is 1.54. The summed E-state index contributed by atoms with van der Waals surface area (Å²) >= 11 is 0. The number of benzene rings is 1. The van der Waals surface area contributed by atoms with Crippen molar-refractivity contribution in [3.8, 4) is 0 Å². The van der Waals surface area contributed by atoms with Gasteiger partial charge in [-0.3, -0.25) is 4.79 Å². The van der Waals surface area contributed by atoms with Crippen LogP contribution in [0.15, 0.2) is 36.5 Å². The zero-order valence-corrected chi connectivity index (χ0v) is 17.9. The van der Waals surface area contributed by atoms with E-state index in [4.69, 9.17) is 0 Å². The van der Waals surface area contributed by atoms with Crippen LogP contribution >= 0.6 is 0 Å². The summed E-state index contributed by atoms with van der Waals surface area (Å²) in [4.78, 5) is 23.8. The van der Waals surface area contributed by atoms with Gasteiger partial charge in [-0.15, -0.1) is 0 Å². The Bertz CT molecular complexity index is 1060. The SMILES string of the molecule is Cc1cc2nc(C)n(CC(=O)NCC3(O)CCCN(c4ccccn4)C3)c2cc1C. The maximum absolute atomic E-state index is 12.7. The Morgan fingerprint density at radius 3 is 2.80 bits per heavy atom. The van der Waals surface area contributed by atoms with Gasteiger partial charge in [-0.25, -0.2) is 9.97 Å². The average Bonchev–Trinajstić information content (AvgIpc) is 3.02. The van der Waals surface area contributed by atoms with E-state index in [2.05, 4.69) is 46.2 Å². The molecule has 158 valence electrons. The largest absolute Gasteiger partial charge is 0.386 e. The van der Waals surface area contributed by atoms with Gasteiger partial charge in [0.25, 0.3) is 0 Å². The number of hydrogen-bond acceptors (Lipinski definition) is 5. The van der Waals surface area contributed by atoms with Crippen molar-refractivity contribution in [3.05, 3.63) is 53.5 Å². The summed E-state index contributed by atoms with van der Waals surface area (Å²) in [6.45, 7) is 7.76. The Morgan fingerprint density at radius 2 is 2.03 bits per heavy atom. The standard InChI is InChI=1S/C23H29N5O2/c1-16-11-19-20(12-17(16)2)28(18(3)26-19)13-22(29)25-14-23(30)8-6-10-27(15-23)21-7-4-5-9-24-21/h4-5,7,9,11-12,30H,6,8,10,13-15H2,1-3H3,(H,25,29). The molecule has 1 atom stereocenters. The molecule has 0 bridgehead atoms. The molecule has 1 fully saturated rings. The van der Waals surface area contributed by atoms with Gasteiger partial charge in [0.1, 0.15) is 18.2 Å². The van der Waals surface area contributed by atoms with E-state index in [0.717, 1.165) is 35.6 Å². The van der Waals surface area contributed by atoms with E-state index in [1.807, 2.05) is 29.7 Å². The molecule has 0 radical (unpaired) electrons. The van der Waals surface area contributed by atoms with Crippen molar-refractivity contribution in [3.63, 3.8) is 0 Å². The fraction of sp³-hybridized carbons (Fsp3) is 0.435. The normalized spacial score (nSPS) is 19.3. The van der Waals surface area contributed by atoms with Crippen LogP contribution in [0.5, 0.6) is 0 Å². The number of anilines is 1. The summed E-state index contributed by atoms with van der Waals surface area (Å²) in [6.07, 6.45) is 3.26. The van der Waals surface area contributed by atoms with Crippen molar-refractivity contribution in [2.24, 2.45) is 0 Å². The van der Waals surface area contributed by atoms with Gasteiger partial charge in [0.2, 0.25) is 5.91 Å². The molecule has 1 amide bonds. The third kappa shape index (κ3) is 4.16. The van der Waals surface area contributed by atoms with Gasteiger partial charge in [0.15, 0.2) is 0 Å². The van der Waals surface area contributed by atoms with Gasteiger partial charge in [0.05, 0.1) is 16.6 Å². The van der Waals surface area contributed by atoms with Crippen LogP contribution in [0.3, 0.4) is 0 Å². The number of piperidine rings is 1.